The summed E-state index contributed by atoms with van der Waals surface area (Å²) in [6.07, 6.45) is -4.15. The summed E-state index contributed by atoms with van der Waals surface area (Å²) in [4.78, 5) is 23.8. The summed E-state index contributed by atoms with van der Waals surface area (Å²) in [7, 11) is 0. The summed E-state index contributed by atoms with van der Waals surface area (Å²) in [6, 6.07) is 29.1. The number of ether oxygens (including phenoxy) is 6. The van der Waals surface area contributed by atoms with Gasteiger partial charge in [0.15, 0.2) is 0 Å². The van der Waals surface area contributed by atoms with Crippen LogP contribution in [0.4, 0.5) is 0 Å². The van der Waals surface area contributed by atoms with Gasteiger partial charge in [0.1, 0.15) is 31.0 Å². The average Bonchev–Trinajstić information content (AvgIpc) is 2.95. The predicted octanol–water partition coefficient (Wildman–Crippen LogP) is 4.59. The van der Waals surface area contributed by atoms with Crippen molar-refractivity contribution in [2.45, 2.75) is 64.4 Å². The monoisotopic (exact) mass is 534 g/mol. The van der Waals surface area contributed by atoms with E-state index in [9.17, 15) is 9.59 Å². The van der Waals surface area contributed by atoms with Gasteiger partial charge in [-0.15, -0.1) is 0 Å². The second-order valence-electron chi connectivity index (χ2n) is 9.24. The van der Waals surface area contributed by atoms with Crippen molar-refractivity contribution in [2.75, 3.05) is 6.61 Å². The number of carbonyl (C=O) groups excluding carboxylic acids is 2. The highest BCUT2D eigenvalue weighted by Crippen LogP contribution is 2.31. The Morgan fingerprint density at radius 1 is 0.615 bits per heavy atom. The summed E-state index contributed by atoms with van der Waals surface area (Å²) < 4.78 is 36.2. The quantitative estimate of drug-likeness (QED) is 0.312. The molecule has 1 aliphatic heterocycles. The molecule has 0 N–H and O–H groups in total. The van der Waals surface area contributed by atoms with Crippen molar-refractivity contribution >= 4 is 11.9 Å². The van der Waals surface area contributed by atoms with Crippen LogP contribution in [0, 0.1) is 0 Å². The molecule has 8 heteroatoms. The Labute approximate surface area is 228 Å². The third-order valence-corrected chi connectivity index (χ3v) is 6.18. The van der Waals surface area contributed by atoms with Gasteiger partial charge in [-0.3, -0.25) is 9.59 Å². The zero-order valence-corrected chi connectivity index (χ0v) is 22.1. The average molecular weight is 535 g/mol. The van der Waals surface area contributed by atoms with Gasteiger partial charge in [0.25, 0.3) is 0 Å². The molecule has 0 saturated carbocycles. The van der Waals surface area contributed by atoms with Gasteiger partial charge in [0.05, 0.1) is 19.8 Å². The van der Waals surface area contributed by atoms with Gasteiger partial charge in [0, 0.05) is 13.8 Å². The molecule has 8 nitrogen and oxygen atoms in total. The Hall–Kier alpha value is -3.56. The largest absolute Gasteiger partial charge is 0.463 e. The molecule has 4 rings (SSSR count). The van der Waals surface area contributed by atoms with E-state index in [1.165, 1.54) is 13.8 Å². The minimum atomic E-state index is -1.11. The third kappa shape index (κ3) is 8.73. The van der Waals surface area contributed by atoms with Crippen molar-refractivity contribution in [2.24, 2.45) is 0 Å². The lowest BCUT2D eigenvalue weighted by Gasteiger charge is -2.45. The van der Waals surface area contributed by atoms with Crippen molar-refractivity contribution in [3.63, 3.8) is 0 Å². The van der Waals surface area contributed by atoms with Crippen LogP contribution in [0.2, 0.25) is 0 Å². The fourth-order valence-electron chi connectivity index (χ4n) is 4.34. The van der Waals surface area contributed by atoms with Gasteiger partial charge in [-0.1, -0.05) is 91.0 Å². The minimum Gasteiger partial charge on any atom is -0.463 e. The predicted molar refractivity (Wildman–Crippen MR) is 142 cm³/mol. The maximum Gasteiger partial charge on any atom is 0.305 e. The van der Waals surface area contributed by atoms with Crippen LogP contribution in [0.1, 0.15) is 30.5 Å². The normalized spacial score (nSPS) is 22.7. The number of benzene rings is 3. The molecule has 206 valence electrons. The Kier molecular flexibility index (Phi) is 10.6. The Bertz CT molecular complexity index is 1150. The van der Waals surface area contributed by atoms with E-state index in [0.29, 0.717) is 0 Å². The van der Waals surface area contributed by atoms with Gasteiger partial charge >= 0.3 is 11.9 Å². The zero-order chi connectivity index (χ0) is 27.5. The summed E-state index contributed by atoms with van der Waals surface area (Å²) in [6.45, 7) is 3.27. The molecule has 0 aromatic heterocycles. The first-order valence-corrected chi connectivity index (χ1v) is 12.9. The SMILES string of the molecule is CC(=O)OCC1O[C@H](OC(C)=O)[C@@H](OCc2ccccc2)[C@@H](OCc2ccccc2)[C@@H]1OCc1ccccc1. The van der Waals surface area contributed by atoms with Gasteiger partial charge < -0.3 is 28.4 Å². The molecule has 0 spiro atoms. The van der Waals surface area contributed by atoms with Crippen molar-refractivity contribution in [3.05, 3.63) is 108 Å². The molecule has 0 amide bonds. The molecule has 3 aromatic rings. The summed E-state index contributed by atoms with van der Waals surface area (Å²) in [5, 5.41) is 0. The van der Waals surface area contributed by atoms with Crippen molar-refractivity contribution in [3.8, 4) is 0 Å². The van der Waals surface area contributed by atoms with Crippen LogP contribution >= 0.6 is 0 Å². The van der Waals surface area contributed by atoms with Crippen LogP contribution < -0.4 is 0 Å². The first kappa shape index (κ1) is 28.4. The van der Waals surface area contributed by atoms with E-state index >= 15 is 0 Å². The van der Waals surface area contributed by atoms with E-state index in [2.05, 4.69) is 0 Å². The highest BCUT2D eigenvalue weighted by atomic mass is 16.7. The molecule has 1 saturated heterocycles. The Morgan fingerprint density at radius 3 is 1.49 bits per heavy atom. The third-order valence-electron chi connectivity index (χ3n) is 6.18. The first-order valence-electron chi connectivity index (χ1n) is 12.9. The van der Waals surface area contributed by atoms with E-state index in [1.807, 2.05) is 91.0 Å². The number of rotatable bonds is 12. The molecule has 0 radical (unpaired) electrons. The fraction of sp³-hybridized carbons (Fsp3) is 0.355. The van der Waals surface area contributed by atoms with Crippen LogP contribution in [0.5, 0.6) is 0 Å². The minimum absolute atomic E-state index is 0.108. The molecule has 0 aliphatic carbocycles. The second-order valence-corrected chi connectivity index (χ2v) is 9.24. The van der Waals surface area contributed by atoms with E-state index < -0.39 is 42.6 Å². The van der Waals surface area contributed by atoms with Crippen LogP contribution in [-0.4, -0.2) is 49.3 Å². The lowest BCUT2D eigenvalue weighted by Crippen LogP contribution is -2.62. The Morgan fingerprint density at radius 2 is 1.05 bits per heavy atom. The van der Waals surface area contributed by atoms with Gasteiger partial charge in [-0.25, -0.2) is 0 Å². The second kappa shape index (κ2) is 14.6. The molecule has 0 bridgehead atoms. The van der Waals surface area contributed by atoms with Gasteiger partial charge in [-0.2, -0.15) is 0 Å². The van der Waals surface area contributed by atoms with Crippen LogP contribution in [0.3, 0.4) is 0 Å². The molecule has 1 fully saturated rings. The summed E-state index contributed by atoms with van der Waals surface area (Å²) in [5.41, 5.74) is 2.84. The number of esters is 2. The molecule has 5 atom stereocenters. The zero-order valence-electron chi connectivity index (χ0n) is 22.1. The first-order chi connectivity index (χ1) is 19.0. The molecule has 3 aromatic carbocycles. The smallest absolute Gasteiger partial charge is 0.305 e. The lowest BCUT2D eigenvalue weighted by molar-refractivity contribution is -0.318. The molecular weight excluding hydrogens is 500 g/mol. The standard InChI is InChI=1S/C31H34O8/c1-22(32)34-21-27-28(35-18-24-12-6-3-7-13-24)29(36-19-25-14-8-4-9-15-25)30(31(39-27)38-23(2)33)37-20-26-16-10-5-11-17-26/h3-17,27-31H,18-21H2,1-2H3/t27?,28-,29+,30+,31+/m1/s1. The van der Waals surface area contributed by atoms with E-state index in [1.54, 1.807) is 0 Å². The molecular formula is C31H34O8. The summed E-state index contributed by atoms with van der Waals surface area (Å²) in [5.74, 6) is -1.00. The number of hydrogen-bond acceptors (Lipinski definition) is 8. The van der Waals surface area contributed by atoms with Crippen LogP contribution in [0.25, 0.3) is 0 Å². The van der Waals surface area contributed by atoms with Crippen molar-refractivity contribution in [1.29, 1.82) is 0 Å². The van der Waals surface area contributed by atoms with Gasteiger partial charge in [-0.05, 0) is 16.7 Å². The highest BCUT2D eigenvalue weighted by Gasteiger charge is 2.50. The van der Waals surface area contributed by atoms with Crippen molar-refractivity contribution in [1.82, 2.24) is 0 Å². The molecule has 39 heavy (non-hydrogen) atoms. The van der Waals surface area contributed by atoms with E-state index in [4.69, 9.17) is 28.4 Å². The Balaban J connectivity index is 1.64. The summed E-state index contributed by atoms with van der Waals surface area (Å²) >= 11 is 0. The highest BCUT2D eigenvalue weighted by molar-refractivity contribution is 5.66. The van der Waals surface area contributed by atoms with E-state index in [0.717, 1.165) is 16.7 Å². The topological polar surface area (TPSA) is 89.5 Å². The van der Waals surface area contributed by atoms with Gasteiger partial charge in [0.2, 0.25) is 6.29 Å². The van der Waals surface area contributed by atoms with Crippen LogP contribution in [0.15, 0.2) is 91.0 Å². The maximum atomic E-state index is 12.1. The lowest BCUT2D eigenvalue weighted by atomic mass is 9.97. The fourth-order valence-corrected chi connectivity index (χ4v) is 4.34. The molecule has 1 heterocycles. The number of hydrogen-bond donors (Lipinski definition) is 0. The molecule has 1 unspecified atom stereocenters. The van der Waals surface area contributed by atoms with Crippen LogP contribution in [-0.2, 0) is 57.8 Å². The number of carbonyl (C=O) groups is 2. The molecule has 1 aliphatic rings. The van der Waals surface area contributed by atoms with E-state index in [-0.39, 0.29) is 26.4 Å². The maximum absolute atomic E-state index is 12.1. The van der Waals surface area contributed by atoms with Crippen molar-refractivity contribution < 1.29 is 38.0 Å².